The molecule has 0 atom stereocenters. The highest BCUT2D eigenvalue weighted by atomic mass is 127. The summed E-state index contributed by atoms with van der Waals surface area (Å²) in [5.41, 5.74) is 0.950. The standard InChI is InChI=1S/C20H30N4O4.HI/c1-14(2)19-12-18(28-24-19)13-23-20(21-3)22-7-6-8-27-17-10-15(25-4)9-16(11-17)26-5;/h9-12,14H,6-8,13H2,1-5H3,(H2,21,22,23);1H. The van der Waals surface area contributed by atoms with Gasteiger partial charge in [-0.15, -0.1) is 24.0 Å². The third-order valence-electron chi connectivity index (χ3n) is 4.03. The zero-order valence-corrected chi connectivity index (χ0v) is 20.0. The van der Waals surface area contributed by atoms with Gasteiger partial charge in [0.25, 0.3) is 0 Å². The molecule has 8 nitrogen and oxygen atoms in total. The quantitative estimate of drug-likeness (QED) is 0.215. The Hall–Kier alpha value is -2.17. The molecule has 2 rings (SSSR count). The molecule has 1 aromatic carbocycles. The van der Waals surface area contributed by atoms with Gasteiger partial charge < -0.3 is 29.4 Å². The molecule has 0 amide bonds. The van der Waals surface area contributed by atoms with Gasteiger partial charge in [-0.25, -0.2) is 0 Å². The number of aromatic nitrogens is 1. The summed E-state index contributed by atoms with van der Waals surface area (Å²) in [6, 6.07) is 7.43. The van der Waals surface area contributed by atoms with Crippen molar-refractivity contribution in [2.45, 2.75) is 32.7 Å². The highest BCUT2D eigenvalue weighted by Gasteiger charge is 2.08. The SMILES string of the molecule is CN=C(NCCCOc1cc(OC)cc(OC)c1)NCc1cc(C(C)C)no1.I. The Bertz CT molecular complexity index is 742. The summed E-state index contributed by atoms with van der Waals surface area (Å²) in [5.74, 6) is 3.94. The second kappa shape index (κ2) is 13.1. The first-order chi connectivity index (χ1) is 13.5. The molecule has 0 saturated carbocycles. The van der Waals surface area contributed by atoms with Crippen LogP contribution in [0.15, 0.2) is 33.8 Å². The number of nitrogens with one attached hydrogen (secondary N) is 2. The Morgan fingerprint density at radius 1 is 1.07 bits per heavy atom. The zero-order chi connectivity index (χ0) is 20.4. The Morgan fingerprint density at radius 2 is 1.72 bits per heavy atom. The Kier molecular flexibility index (Phi) is 11.3. The minimum absolute atomic E-state index is 0. The maximum atomic E-state index is 5.78. The summed E-state index contributed by atoms with van der Waals surface area (Å²) < 4.78 is 21.6. The molecule has 162 valence electrons. The number of aliphatic imine (C=N–C) groups is 1. The monoisotopic (exact) mass is 518 g/mol. The fraction of sp³-hybridized carbons (Fsp3) is 0.500. The number of guanidine groups is 1. The molecule has 0 radical (unpaired) electrons. The number of hydrogen-bond donors (Lipinski definition) is 2. The van der Waals surface area contributed by atoms with E-state index < -0.39 is 0 Å². The Labute approximate surface area is 189 Å². The molecule has 0 aliphatic carbocycles. The van der Waals surface area contributed by atoms with Crippen molar-refractivity contribution < 1.29 is 18.7 Å². The first-order valence-corrected chi connectivity index (χ1v) is 9.31. The van der Waals surface area contributed by atoms with E-state index in [2.05, 4.69) is 34.6 Å². The molecule has 0 saturated heterocycles. The third kappa shape index (κ3) is 8.38. The van der Waals surface area contributed by atoms with Crippen LogP contribution < -0.4 is 24.8 Å². The van der Waals surface area contributed by atoms with Crippen LogP contribution in [0, 0.1) is 0 Å². The molecule has 0 spiro atoms. The molecule has 0 bridgehead atoms. The average Bonchev–Trinajstić information content (AvgIpc) is 3.19. The van der Waals surface area contributed by atoms with Crippen molar-refractivity contribution in [2.75, 3.05) is 34.4 Å². The number of nitrogens with zero attached hydrogens (tertiary/aromatic N) is 2. The fourth-order valence-electron chi connectivity index (χ4n) is 2.41. The van der Waals surface area contributed by atoms with Crippen LogP contribution in [0.2, 0.25) is 0 Å². The Morgan fingerprint density at radius 3 is 2.28 bits per heavy atom. The van der Waals surface area contributed by atoms with Crippen LogP contribution in [0.25, 0.3) is 0 Å². The summed E-state index contributed by atoms with van der Waals surface area (Å²) in [5, 5.41) is 10.5. The second-order valence-electron chi connectivity index (χ2n) is 6.48. The maximum Gasteiger partial charge on any atom is 0.191 e. The summed E-state index contributed by atoms with van der Waals surface area (Å²) in [6.45, 7) is 5.96. The molecule has 0 aliphatic heterocycles. The highest BCUT2D eigenvalue weighted by Crippen LogP contribution is 2.27. The minimum atomic E-state index is 0. The van der Waals surface area contributed by atoms with Gasteiger partial charge in [-0.2, -0.15) is 0 Å². The molecule has 0 fully saturated rings. The molecular weight excluding hydrogens is 487 g/mol. The van der Waals surface area contributed by atoms with Gasteiger partial charge in [0.05, 0.1) is 33.1 Å². The van der Waals surface area contributed by atoms with Crippen LogP contribution in [0.1, 0.15) is 37.6 Å². The van der Waals surface area contributed by atoms with Crippen LogP contribution in [-0.2, 0) is 6.54 Å². The first kappa shape index (κ1) is 24.9. The van der Waals surface area contributed by atoms with Crippen molar-refractivity contribution in [1.82, 2.24) is 15.8 Å². The van der Waals surface area contributed by atoms with Crippen LogP contribution in [0.3, 0.4) is 0 Å². The second-order valence-corrected chi connectivity index (χ2v) is 6.48. The van der Waals surface area contributed by atoms with E-state index in [-0.39, 0.29) is 24.0 Å². The third-order valence-corrected chi connectivity index (χ3v) is 4.03. The molecule has 2 aromatic rings. The van der Waals surface area contributed by atoms with Crippen LogP contribution in [0.4, 0.5) is 0 Å². The van der Waals surface area contributed by atoms with Gasteiger partial charge in [-0.3, -0.25) is 4.99 Å². The lowest BCUT2D eigenvalue weighted by atomic mass is 10.1. The number of benzene rings is 1. The van der Waals surface area contributed by atoms with E-state index in [1.54, 1.807) is 21.3 Å². The van der Waals surface area contributed by atoms with Crippen molar-refractivity contribution >= 4 is 29.9 Å². The van der Waals surface area contributed by atoms with E-state index in [9.17, 15) is 0 Å². The predicted molar refractivity (Wildman–Crippen MR) is 124 cm³/mol. The van der Waals surface area contributed by atoms with E-state index in [1.165, 1.54) is 0 Å². The van der Waals surface area contributed by atoms with E-state index in [1.807, 2.05) is 24.3 Å². The molecule has 9 heteroatoms. The van der Waals surface area contributed by atoms with Crippen LogP contribution in [-0.4, -0.2) is 45.5 Å². The molecule has 1 heterocycles. The van der Waals surface area contributed by atoms with E-state index >= 15 is 0 Å². The van der Waals surface area contributed by atoms with E-state index in [4.69, 9.17) is 18.7 Å². The molecule has 0 aliphatic rings. The van der Waals surface area contributed by atoms with Crippen molar-refractivity contribution in [3.05, 3.63) is 35.7 Å². The zero-order valence-electron chi connectivity index (χ0n) is 17.7. The summed E-state index contributed by atoms with van der Waals surface area (Å²) >= 11 is 0. The van der Waals surface area contributed by atoms with Crippen molar-refractivity contribution in [2.24, 2.45) is 4.99 Å². The minimum Gasteiger partial charge on any atom is -0.496 e. The lowest BCUT2D eigenvalue weighted by molar-refractivity contribution is 0.305. The Balaban J connectivity index is 0.00000420. The lowest BCUT2D eigenvalue weighted by Gasteiger charge is -2.12. The molecule has 29 heavy (non-hydrogen) atoms. The van der Waals surface area contributed by atoms with Gasteiger partial charge in [0.15, 0.2) is 11.7 Å². The highest BCUT2D eigenvalue weighted by molar-refractivity contribution is 14.0. The fourth-order valence-corrected chi connectivity index (χ4v) is 2.41. The van der Waals surface area contributed by atoms with Gasteiger partial charge in [0, 0.05) is 37.9 Å². The van der Waals surface area contributed by atoms with Gasteiger partial charge >= 0.3 is 0 Å². The van der Waals surface area contributed by atoms with Crippen molar-refractivity contribution in [3.63, 3.8) is 0 Å². The molecule has 1 aromatic heterocycles. The lowest BCUT2D eigenvalue weighted by Crippen LogP contribution is -2.37. The first-order valence-electron chi connectivity index (χ1n) is 9.31. The number of rotatable bonds is 10. The number of hydrogen-bond acceptors (Lipinski definition) is 6. The van der Waals surface area contributed by atoms with Gasteiger partial charge in [-0.1, -0.05) is 19.0 Å². The largest absolute Gasteiger partial charge is 0.496 e. The number of halogens is 1. The topological polar surface area (TPSA) is 90.1 Å². The molecule has 0 unspecified atom stereocenters. The number of methoxy groups -OCH3 is 2. The van der Waals surface area contributed by atoms with Gasteiger partial charge in [0.1, 0.15) is 17.2 Å². The predicted octanol–water partition coefficient (Wildman–Crippen LogP) is 3.57. The van der Waals surface area contributed by atoms with Crippen molar-refractivity contribution in [1.29, 1.82) is 0 Å². The summed E-state index contributed by atoms with van der Waals surface area (Å²) in [4.78, 5) is 4.20. The molecular formula is C20H31IN4O4. The normalized spacial score (nSPS) is 11.0. The van der Waals surface area contributed by atoms with Gasteiger partial charge in [-0.05, 0) is 12.3 Å². The van der Waals surface area contributed by atoms with E-state index in [0.717, 1.165) is 17.9 Å². The summed E-state index contributed by atoms with van der Waals surface area (Å²) in [7, 11) is 4.96. The average molecular weight is 518 g/mol. The summed E-state index contributed by atoms with van der Waals surface area (Å²) in [6.07, 6.45) is 0.806. The van der Waals surface area contributed by atoms with E-state index in [0.29, 0.717) is 48.8 Å². The van der Waals surface area contributed by atoms with Crippen molar-refractivity contribution in [3.8, 4) is 17.2 Å². The smallest absolute Gasteiger partial charge is 0.191 e. The number of ether oxygens (including phenoxy) is 3. The molecule has 2 N–H and O–H groups in total. The van der Waals surface area contributed by atoms with Crippen LogP contribution >= 0.6 is 24.0 Å². The van der Waals surface area contributed by atoms with Crippen LogP contribution in [0.5, 0.6) is 17.2 Å². The van der Waals surface area contributed by atoms with Gasteiger partial charge in [0.2, 0.25) is 0 Å². The maximum absolute atomic E-state index is 5.78.